The molecule has 114 valence electrons. The summed E-state index contributed by atoms with van der Waals surface area (Å²) < 4.78 is 5.02. The van der Waals surface area contributed by atoms with Gasteiger partial charge in [0.25, 0.3) is 0 Å². The number of ether oxygens (including phenoxy) is 1. The molecular weight excluding hydrogens is 286 g/mol. The van der Waals surface area contributed by atoms with Crippen molar-refractivity contribution < 1.29 is 9.53 Å². The van der Waals surface area contributed by atoms with E-state index in [0.717, 1.165) is 5.69 Å². The number of benzene rings is 1. The van der Waals surface area contributed by atoms with Crippen LogP contribution in [0.4, 0.5) is 5.69 Å². The van der Waals surface area contributed by atoms with Crippen LogP contribution in [0, 0.1) is 5.92 Å². The lowest BCUT2D eigenvalue weighted by Gasteiger charge is -2.14. The van der Waals surface area contributed by atoms with Gasteiger partial charge in [0.05, 0.1) is 12.5 Å². The number of nitrogens with zero attached hydrogens (tertiary/aromatic N) is 1. The fraction of sp³-hybridized carbons (Fsp3) is 0.400. The highest BCUT2D eigenvalue weighted by atomic mass is 32.1. The number of esters is 1. The molecule has 1 rings (SSSR count). The highest BCUT2D eigenvalue weighted by Gasteiger charge is 2.20. The van der Waals surface area contributed by atoms with E-state index in [0.29, 0.717) is 23.9 Å². The fourth-order valence-electron chi connectivity index (χ4n) is 1.77. The lowest BCUT2D eigenvalue weighted by molar-refractivity contribution is -0.145. The van der Waals surface area contributed by atoms with Crippen molar-refractivity contribution in [1.29, 1.82) is 0 Å². The fourth-order valence-corrected chi connectivity index (χ4v) is 1.94. The Balaban J connectivity index is 2.57. The molecule has 0 aliphatic rings. The van der Waals surface area contributed by atoms with Crippen LogP contribution in [0.15, 0.2) is 35.4 Å². The van der Waals surface area contributed by atoms with Crippen LogP contribution in [0.25, 0.3) is 0 Å². The first-order valence-electron chi connectivity index (χ1n) is 6.91. The van der Waals surface area contributed by atoms with Crippen molar-refractivity contribution in [2.45, 2.75) is 27.2 Å². The topological polar surface area (TPSA) is 62.7 Å². The van der Waals surface area contributed by atoms with Gasteiger partial charge in [-0.2, -0.15) is 5.10 Å². The van der Waals surface area contributed by atoms with E-state index in [1.54, 1.807) is 13.8 Å². The Morgan fingerprint density at radius 3 is 2.57 bits per heavy atom. The zero-order valence-corrected chi connectivity index (χ0v) is 13.4. The second-order valence-electron chi connectivity index (χ2n) is 4.40. The molecule has 0 aromatic heterocycles. The Morgan fingerprint density at radius 1 is 1.33 bits per heavy atom. The minimum atomic E-state index is -0.350. The number of hydrazone groups is 1. The maximum atomic E-state index is 11.8. The molecule has 6 heteroatoms. The first-order chi connectivity index (χ1) is 10.1. The van der Waals surface area contributed by atoms with Crippen molar-refractivity contribution in [2.24, 2.45) is 11.0 Å². The number of nitrogens with one attached hydrogen (secondary N) is 2. The average molecular weight is 307 g/mol. The van der Waals surface area contributed by atoms with Crippen molar-refractivity contribution in [2.75, 3.05) is 11.9 Å². The highest BCUT2D eigenvalue weighted by molar-refractivity contribution is 7.80. The summed E-state index contributed by atoms with van der Waals surface area (Å²) >= 11 is 5.15. The highest BCUT2D eigenvalue weighted by Crippen LogP contribution is 2.08. The predicted molar refractivity (Wildman–Crippen MR) is 89.3 cm³/mol. The van der Waals surface area contributed by atoms with Gasteiger partial charge in [0.2, 0.25) is 0 Å². The van der Waals surface area contributed by atoms with Crippen molar-refractivity contribution in [3.05, 3.63) is 30.3 Å². The van der Waals surface area contributed by atoms with Crippen molar-refractivity contribution in [1.82, 2.24) is 5.43 Å². The van der Waals surface area contributed by atoms with Gasteiger partial charge in [0.15, 0.2) is 5.11 Å². The van der Waals surface area contributed by atoms with E-state index < -0.39 is 0 Å². The first kappa shape index (κ1) is 17.1. The zero-order valence-electron chi connectivity index (χ0n) is 12.6. The Labute approximate surface area is 130 Å². The van der Waals surface area contributed by atoms with E-state index in [1.807, 2.05) is 37.3 Å². The molecule has 1 unspecified atom stereocenters. The molecule has 0 saturated heterocycles. The first-order valence-corrected chi connectivity index (χ1v) is 7.32. The summed E-state index contributed by atoms with van der Waals surface area (Å²) in [4.78, 5) is 11.8. The normalized spacial score (nSPS) is 12.4. The monoisotopic (exact) mass is 307 g/mol. The van der Waals surface area contributed by atoms with E-state index in [-0.39, 0.29) is 11.9 Å². The van der Waals surface area contributed by atoms with Crippen molar-refractivity contribution in [3.8, 4) is 0 Å². The van der Waals surface area contributed by atoms with E-state index in [1.165, 1.54) is 0 Å². The third-order valence-electron chi connectivity index (χ3n) is 2.85. The van der Waals surface area contributed by atoms with Crippen molar-refractivity contribution in [3.63, 3.8) is 0 Å². The second-order valence-corrected chi connectivity index (χ2v) is 4.81. The molecule has 21 heavy (non-hydrogen) atoms. The summed E-state index contributed by atoms with van der Waals surface area (Å²) in [7, 11) is 0. The van der Waals surface area contributed by atoms with E-state index in [4.69, 9.17) is 17.0 Å². The van der Waals surface area contributed by atoms with Gasteiger partial charge >= 0.3 is 5.97 Å². The van der Waals surface area contributed by atoms with E-state index >= 15 is 0 Å². The number of anilines is 1. The van der Waals surface area contributed by atoms with Crippen LogP contribution in [0.2, 0.25) is 0 Å². The molecule has 5 nitrogen and oxygen atoms in total. The Hall–Kier alpha value is -1.95. The number of hydrogen-bond donors (Lipinski definition) is 2. The summed E-state index contributed by atoms with van der Waals surface area (Å²) in [6, 6.07) is 9.55. The van der Waals surface area contributed by atoms with Gasteiger partial charge in [0, 0.05) is 11.4 Å². The van der Waals surface area contributed by atoms with E-state index in [2.05, 4.69) is 15.8 Å². The molecule has 1 atom stereocenters. The molecular formula is C15H21N3O2S. The molecule has 0 heterocycles. The molecule has 0 saturated carbocycles. The van der Waals surface area contributed by atoms with Crippen LogP contribution in [0.3, 0.4) is 0 Å². The van der Waals surface area contributed by atoms with Gasteiger partial charge in [0.1, 0.15) is 0 Å². The summed E-state index contributed by atoms with van der Waals surface area (Å²) in [5.74, 6) is -0.609. The molecule has 1 aromatic rings. The quantitative estimate of drug-likeness (QED) is 0.366. The molecule has 0 amide bonds. The summed E-state index contributed by atoms with van der Waals surface area (Å²) in [5, 5.41) is 7.54. The number of carbonyl (C=O) groups is 1. The lowest BCUT2D eigenvalue weighted by Crippen LogP contribution is -2.29. The van der Waals surface area contributed by atoms with E-state index in [9.17, 15) is 4.79 Å². The van der Waals surface area contributed by atoms with Crippen LogP contribution in [0.5, 0.6) is 0 Å². The lowest BCUT2D eigenvalue weighted by atomic mass is 10.0. The summed E-state index contributed by atoms with van der Waals surface area (Å²) in [6.07, 6.45) is 0.634. The minimum absolute atomic E-state index is 0.259. The maximum Gasteiger partial charge on any atom is 0.314 e. The number of para-hydroxylation sites is 1. The maximum absolute atomic E-state index is 11.8. The Morgan fingerprint density at radius 2 is 2.00 bits per heavy atom. The van der Waals surface area contributed by atoms with Crippen LogP contribution in [0.1, 0.15) is 27.2 Å². The second kappa shape index (κ2) is 9.07. The molecule has 1 aromatic carbocycles. The van der Waals surface area contributed by atoms with Crippen LogP contribution < -0.4 is 10.7 Å². The third kappa shape index (κ3) is 5.91. The van der Waals surface area contributed by atoms with Gasteiger partial charge in [-0.3, -0.25) is 10.2 Å². The standard InChI is InChI=1S/C15H21N3O2S/c1-4-13(14(19)20-5-2)11(3)17-18-15(21)16-12-9-7-6-8-10-12/h6-10,13H,4-5H2,1-3H3,(H2,16,18,21)/b17-11-. The molecule has 0 spiro atoms. The third-order valence-corrected chi connectivity index (χ3v) is 3.04. The van der Waals surface area contributed by atoms with Crippen LogP contribution in [-0.4, -0.2) is 23.4 Å². The summed E-state index contributed by atoms with van der Waals surface area (Å²) in [5.41, 5.74) is 4.26. The Bertz CT molecular complexity index is 503. The molecule has 0 bridgehead atoms. The Kier molecular flexibility index (Phi) is 7.39. The summed E-state index contributed by atoms with van der Waals surface area (Å²) in [6.45, 7) is 5.85. The molecule has 0 aliphatic carbocycles. The van der Waals surface area contributed by atoms with Gasteiger partial charge in [-0.1, -0.05) is 25.1 Å². The minimum Gasteiger partial charge on any atom is -0.465 e. The van der Waals surface area contributed by atoms with Gasteiger partial charge in [-0.05, 0) is 44.6 Å². The number of hydrogen-bond acceptors (Lipinski definition) is 4. The van der Waals surface area contributed by atoms with Gasteiger partial charge in [-0.25, -0.2) is 0 Å². The number of carbonyl (C=O) groups excluding carboxylic acids is 1. The SMILES string of the molecule is CCOC(=O)C(CC)/C(C)=N\NC(=S)Nc1ccccc1. The molecule has 2 N–H and O–H groups in total. The number of rotatable bonds is 6. The predicted octanol–water partition coefficient (Wildman–Crippen LogP) is 2.94. The average Bonchev–Trinajstić information content (AvgIpc) is 2.47. The smallest absolute Gasteiger partial charge is 0.314 e. The van der Waals surface area contributed by atoms with Gasteiger partial charge < -0.3 is 10.1 Å². The molecule has 0 fully saturated rings. The van der Waals surface area contributed by atoms with Crippen LogP contribution in [-0.2, 0) is 9.53 Å². The van der Waals surface area contributed by atoms with Gasteiger partial charge in [-0.15, -0.1) is 0 Å². The van der Waals surface area contributed by atoms with Crippen LogP contribution >= 0.6 is 12.2 Å². The zero-order chi connectivity index (χ0) is 15.7. The number of thiocarbonyl (C=S) groups is 1. The molecule has 0 radical (unpaired) electrons. The van der Waals surface area contributed by atoms with Crippen molar-refractivity contribution >= 4 is 34.7 Å². The largest absolute Gasteiger partial charge is 0.465 e. The molecule has 0 aliphatic heterocycles.